The van der Waals surface area contributed by atoms with E-state index < -0.39 is 0 Å². The van der Waals surface area contributed by atoms with E-state index in [0.29, 0.717) is 5.02 Å². The van der Waals surface area contributed by atoms with Crippen LogP contribution in [0.2, 0.25) is 5.02 Å². The summed E-state index contributed by atoms with van der Waals surface area (Å²) in [4.78, 5) is 16.8. The second-order valence-corrected chi connectivity index (χ2v) is 7.42. The molecule has 1 heterocycles. The van der Waals surface area contributed by atoms with Crippen molar-refractivity contribution < 1.29 is 0 Å². The van der Waals surface area contributed by atoms with Gasteiger partial charge in [-0.05, 0) is 64.0 Å². The molecule has 0 amide bonds. The lowest BCUT2D eigenvalue weighted by Gasteiger charge is -2.14. The van der Waals surface area contributed by atoms with E-state index in [4.69, 9.17) is 23.2 Å². The van der Waals surface area contributed by atoms with Crippen molar-refractivity contribution in [3.05, 3.63) is 65.0 Å². The van der Waals surface area contributed by atoms with Crippen LogP contribution in [-0.2, 0) is 0 Å². The lowest BCUT2D eigenvalue weighted by Crippen LogP contribution is -1.99. The zero-order valence-electron chi connectivity index (χ0n) is 10.4. The molecule has 0 bridgehead atoms. The summed E-state index contributed by atoms with van der Waals surface area (Å²) < 4.78 is 1.87. The van der Waals surface area contributed by atoms with Crippen molar-refractivity contribution in [2.24, 2.45) is 0 Å². The first-order valence-corrected chi connectivity index (χ1v) is 8.65. The summed E-state index contributed by atoms with van der Waals surface area (Å²) >= 11 is 18.4. The molecular formula is C14H8BrCl2IN2O. The smallest absolute Gasteiger partial charge is 0.306 e. The third-order valence-corrected chi connectivity index (χ3v) is 5.51. The van der Waals surface area contributed by atoms with Crippen LogP contribution >= 0.6 is 61.7 Å². The van der Waals surface area contributed by atoms with Crippen LogP contribution < -0.4 is 5.69 Å². The molecule has 1 atom stereocenters. The number of imidazole rings is 1. The Morgan fingerprint density at radius 3 is 2.48 bits per heavy atom. The monoisotopic (exact) mass is 496 g/mol. The number of aromatic amines is 2. The minimum absolute atomic E-state index is 0.238. The number of benzene rings is 2. The molecule has 0 saturated carbocycles. The van der Waals surface area contributed by atoms with E-state index in [1.165, 1.54) is 0 Å². The highest BCUT2D eigenvalue weighted by Gasteiger charge is 2.18. The Bertz CT molecular complexity index is 890. The number of nitrogens with one attached hydrogen (secondary N) is 2. The van der Waals surface area contributed by atoms with E-state index in [-0.39, 0.29) is 11.1 Å². The fraction of sp³-hybridized carbons (Fsp3) is 0.0714. The van der Waals surface area contributed by atoms with Gasteiger partial charge in [0.2, 0.25) is 0 Å². The Morgan fingerprint density at radius 1 is 1.10 bits per heavy atom. The van der Waals surface area contributed by atoms with Gasteiger partial charge < -0.3 is 9.97 Å². The molecule has 0 aliphatic heterocycles. The van der Waals surface area contributed by atoms with Crippen molar-refractivity contribution in [2.75, 3.05) is 0 Å². The molecule has 0 saturated heterocycles. The molecule has 3 nitrogen and oxygen atoms in total. The van der Waals surface area contributed by atoms with Gasteiger partial charge in [0.1, 0.15) is 0 Å². The maximum absolute atomic E-state index is 11.4. The molecule has 1 unspecified atom stereocenters. The van der Waals surface area contributed by atoms with Gasteiger partial charge in [-0.2, -0.15) is 0 Å². The van der Waals surface area contributed by atoms with Crippen LogP contribution in [0.4, 0.5) is 0 Å². The number of hydrogen-bond donors (Lipinski definition) is 2. The van der Waals surface area contributed by atoms with Gasteiger partial charge in [-0.3, -0.25) is 0 Å². The Morgan fingerprint density at radius 2 is 1.76 bits per heavy atom. The highest BCUT2D eigenvalue weighted by Crippen LogP contribution is 2.38. The molecular weight excluding hydrogens is 490 g/mol. The maximum Gasteiger partial charge on any atom is 0.323 e. The fourth-order valence-corrected chi connectivity index (χ4v) is 4.22. The molecule has 21 heavy (non-hydrogen) atoms. The summed E-state index contributed by atoms with van der Waals surface area (Å²) in [7, 11) is 0. The highest BCUT2D eigenvalue weighted by molar-refractivity contribution is 14.1. The molecule has 0 aliphatic carbocycles. The summed E-state index contributed by atoms with van der Waals surface area (Å²) in [6, 6.07) is 9.33. The minimum Gasteiger partial charge on any atom is -0.306 e. The topological polar surface area (TPSA) is 48.6 Å². The Balaban J connectivity index is 2.16. The van der Waals surface area contributed by atoms with Gasteiger partial charge in [0, 0.05) is 13.1 Å². The summed E-state index contributed by atoms with van der Waals surface area (Å²) in [6.45, 7) is 0. The van der Waals surface area contributed by atoms with Crippen molar-refractivity contribution in [2.45, 2.75) is 5.38 Å². The highest BCUT2D eigenvalue weighted by atomic mass is 127. The molecule has 2 aromatic carbocycles. The maximum atomic E-state index is 11.4. The number of H-pyrrole nitrogens is 2. The third kappa shape index (κ3) is 3.02. The molecule has 108 valence electrons. The lowest BCUT2D eigenvalue weighted by atomic mass is 10.0. The molecule has 3 aromatic rings. The van der Waals surface area contributed by atoms with Crippen molar-refractivity contribution in [3.8, 4) is 0 Å². The molecule has 0 spiro atoms. The average Bonchev–Trinajstić information content (AvgIpc) is 2.79. The predicted molar refractivity (Wildman–Crippen MR) is 98.5 cm³/mol. The second-order valence-electron chi connectivity index (χ2n) is 4.53. The van der Waals surface area contributed by atoms with Crippen LogP contribution in [0.5, 0.6) is 0 Å². The summed E-state index contributed by atoms with van der Waals surface area (Å²) in [6.07, 6.45) is 0. The van der Waals surface area contributed by atoms with Crippen LogP contribution in [0.3, 0.4) is 0 Å². The zero-order chi connectivity index (χ0) is 15.1. The van der Waals surface area contributed by atoms with Gasteiger partial charge in [0.05, 0.1) is 16.4 Å². The van der Waals surface area contributed by atoms with Crippen molar-refractivity contribution >= 4 is 72.8 Å². The quantitative estimate of drug-likeness (QED) is 0.371. The SMILES string of the molecule is O=c1[nH]c2cc(Br)c(C(Cl)c3cc(Cl)ccc3I)cc2[nH]1. The largest absolute Gasteiger partial charge is 0.323 e. The van der Waals surface area contributed by atoms with Crippen molar-refractivity contribution in [1.29, 1.82) is 0 Å². The van der Waals surface area contributed by atoms with Crippen LogP contribution in [-0.4, -0.2) is 9.97 Å². The van der Waals surface area contributed by atoms with Gasteiger partial charge in [0.15, 0.2) is 0 Å². The molecule has 0 fully saturated rings. The Hall–Kier alpha value is -0.500. The van der Waals surface area contributed by atoms with Crippen molar-refractivity contribution in [1.82, 2.24) is 9.97 Å². The molecule has 3 rings (SSSR count). The van der Waals surface area contributed by atoms with Gasteiger partial charge in [-0.25, -0.2) is 4.79 Å². The summed E-state index contributed by atoms with van der Waals surface area (Å²) in [5, 5.41) is 0.274. The van der Waals surface area contributed by atoms with Gasteiger partial charge in [0.25, 0.3) is 0 Å². The summed E-state index contributed by atoms with van der Waals surface area (Å²) in [5.41, 5.74) is 3.03. The van der Waals surface area contributed by atoms with E-state index in [9.17, 15) is 4.79 Å². The van der Waals surface area contributed by atoms with E-state index in [2.05, 4.69) is 48.5 Å². The van der Waals surface area contributed by atoms with Gasteiger partial charge in [-0.15, -0.1) is 11.6 Å². The first-order chi connectivity index (χ1) is 9.95. The van der Waals surface area contributed by atoms with E-state index in [1.807, 2.05) is 30.3 Å². The van der Waals surface area contributed by atoms with Gasteiger partial charge >= 0.3 is 5.69 Å². The fourth-order valence-electron chi connectivity index (χ4n) is 2.14. The first kappa shape index (κ1) is 15.4. The number of hydrogen-bond acceptors (Lipinski definition) is 1. The minimum atomic E-state index is -0.368. The van der Waals surface area contributed by atoms with Crippen LogP contribution in [0.1, 0.15) is 16.5 Å². The third-order valence-electron chi connectivity index (χ3n) is 3.14. The number of fused-ring (bicyclic) bond motifs is 1. The Labute approximate surface area is 152 Å². The number of rotatable bonds is 2. The second kappa shape index (κ2) is 5.95. The normalized spacial score (nSPS) is 12.8. The standard InChI is InChI=1S/C14H8BrCl2IN2O/c15-9-5-12-11(19-14(21)20-12)4-7(9)13(17)8-3-6(16)1-2-10(8)18/h1-5,13H,(H2,19,20,21). The average molecular weight is 498 g/mol. The van der Waals surface area contributed by atoms with E-state index in [0.717, 1.165) is 30.2 Å². The van der Waals surface area contributed by atoms with Gasteiger partial charge in [-0.1, -0.05) is 27.5 Å². The predicted octanol–water partition coefficient (Wildman–Crippen LogP) is 5.20. The van der Waals surface area contributed by atoms with Crippen molar-refractivity contribution in [3.63, 3.8) is 0 Å². The lowest BCUT2D eigenvalue weighted by molar-refractivity contribution is 1.12. The first-order valence-electron chi connectivity index (χ1n) is 5.96. The Kier molecular flexibility index (Phi) is 4.36. The molecule has 2 N–H and O–H groups in total. The molecule has 0 radical (unpaired) electrons. The molecule has 7 heteroatoms. The number of alkyl halides is 1. The molecule has 1 aromatic heterocycles. The van der Waals surface area contributed by atoms with Crippen LogP contribution in [0, 0.1) is 3.57 Å². The number of aromatic nitrogens is 2. The van der Waals surface area contributed by atoms with Crippen LogP contribution in [0.25, 0.3) is 11.0 Å². The zero-order valence-corrected chi connectivity index (χ0v) is 15.6. The number of halogens is 4. The van der Waals surface area contributed by atoms with E-state index >= 15 is 0 Å². The van der Waals surface area contributed by atoms with E-state index in [1.54, 1.807) is 0 Å². The summed E-state index contributed by atoms with van der Waals surface area (Å²) in [5.74, 6) is 0. The molecule has 0 aliphatic rings. The van der Waals surface area contributed by atoms with Crippen LogP contribution in [0.15, 0.2) is 39.6 Å².